The lowest BCUT2D eigenvalue weighted by molar-refractivity contribution is -0.645. The van der Waals surface area contributed by atoms with Gasteiger partial charge in [-0.05, 0) is 59.7 Å². The molecule has 0 saturated heterocycles. The Morgan fingerprint density at radius 1 is 0.412 bits per heavy atom. The van der Waals surface area contributed by atoms with Gasteiger partial charge in [0.05, 0.1) is 31.2 Å². The largest absolute Gasteiger partial charge is 0.309 e. The smallest absolute Gasteiger partial charge is 0.249 e. The molecule has 0 aliphatic rings. The first kappa shape index (κ1) is 30.3. The predicted octanol–water partition coefficient (Wildman–Crippen LogP) is 10.0. The van der Waals surface area contributed by atoms with Crippen molar-refractivity contribution in [3.63, 3.8) is 0 Å². The molecule has 0 aliphatic heterocycles. The summed E-state index contributed by atoms with van der Waals surface area (Å²) in [6, 6.07) is 63.0. The van der Waals surface area contributed by atoms with Crippen LogP contribution in [0.3, 0.4) is 0 Å². The van der Waals surface area contributed by atoms with Crippen LogP contribution in [-0.2, 0) is 14.1 Å². The van der Waals surface area contributed by atoms with Gasteiger partial charge in [0.25, 0.3) is 0 Å². The van der Waals surface area contributed by atoms with E-state index in [-0.39, 0.29) is 0 Å². The molecular formula is C46H37N5+2. The van der Waals surface area contributed by atoms with Crippen molar-refractivity contribution in [3.8, 4) is 33.6 Å². The molecule has 5 heteroatoms. The summed E-state index contributed by atoms with van der Waals surface area (Å²) in [6.07, 6.45) is 4.33. The summed E-state index contributed by atoms with van der Waals surface area (Å²) >= 11 is 0. The second-order valence-electron chi connectivity index (χ2n) is 13.0. The average molecular weight is 660 g/mol. The van der Waals surface area contributed by atoms with Gasteiger partial charge in [-0.25, -0.2) is 9.13 Å². The second kappa shape index (κ2) is 12.6. The summed E-state index contributed by atoms with van der Waals surface area (Å²) in [5, 5.41) is 0. The van der Waals surface area contributed by atoms with Gasteiger partial charge < -0.3 is 4.90 Å². The first-order chi connectivity index (χ1) is 25.1. The summed E-state index contributed by atoms with van der Waals surface area (Å²) in [5.41, 5.74) is 14.7. The molecule has 7 aromatic carbocycles. The van der Waals surface area contributed by atoms with Gasteiger partial charge in [-0.2, -0.15) is 9.13 Å². The maximum Gasteiger partial charge on any atom is 0.249 e. The van der Waals surface area contributed by atoms with Gasteiger partial charge in [0.15, 0.2) is 22.1 Å². The number of anilines is 3. The number of fused-ring (bicyclic) bond motifs is 2. The van der Waals surface area contributed by atoms with Crippen molar-refractivity contribution >= 4 is 39.1 Å². The molecule has 2 aromatic heterocycles. The van der Waals surface area contributed by atoms with Gasteiger partial charge in [-0.1, -0.05) is 115 Å². The van der Waals surface area contributed by atoms with Crippen molar-refractivity contribution in [1.29, 1.82) is 0 Å². The number of aromatic nitrogens is 4. The fourth-order valence-corrected chi connectivity index (χ4v) is 7.40. The Kier molecular flexibility index (Phi) is 7.51. The van der Waals surface area contributed by atoms with E-state index in [9.17, 15) is 0 Å². The van der Waals surface area contributed by atoms with E-state index in [1.165, 1.54) is 11.0 Å². The number of imidazole rings is 2. The van der Waals surface area contributed by atoms with Gasteiger partial charge in [0, 0.05) is 23.3 Å². The van der Waals surface area contributed by atoms with E-state index in [1.807, 2.05) is 0 Å². The van der Waals surface area contributed by atoms with Crippen molar-refractivity contribution in [2.75, 3.05) is 4.90 Å². The SMILES string of the molecule is C[n+]1cn(-c2cccc(N(c3cccc(-n4c[n+](C)c5ccccc54)c3)c3c(-c4ccccc4)cccc3-c3ccccc3)c2)c2ccccc21. The molecular weight excluding hydrogens is 623 g/mol. The van der Waals surface area contributed by atoms with Crippen molar-refractivity contribution in [2.24, 2.45) is 14.1 Å². The molecule has 0 spiro atoms. The molecule has 9 rings (SSSR count). The minimum atomic E-state index is 1.06. The molecule has 51 heavy (non-hydrogen) atoms. The molecule has 9 aromatic rings. The van der Waals surface area contributed by atoms with Crippen LogP contribution in [0.1, 0.15) is 0 Å². The van der Waals surface area contributed by atoms with Crippen molar-refractivity contribution in [1.82, 2.24) is 9.13 Å². The van der Waals surface area contributed by atoms with E-state index >= 15 is 0 Å². The zero-order valence-corrected chi connectivity index (χ0v) is 28.6. The van der Waals surface area contributed by atoms with E-state index in [0.29, 0.717) is 0 Å². The number of rotatable bonds is 7. The number of nitrogens with zero attached hydrogens (tertiary/aromatic N) is 5. The van der Waals surface area contributed by atoms with Crippen LogP contribution in [0.5, 0.6) is 0 Å². The molecule has 2 heterocycles. The fraction of sp³-hybridized carbons (Fsp3) is 0.0435. The molecule has 0 amide bonds. The van der Waals surface area contributed by atoms with Crippen molar-refractivity contribution < 1.29 is 9.13 Å². The molecule has 0 N–H and O–H groups in total. The lowest BCUT2D eigenvalue weighted by Crippen LogP contribution is -2.25. The Labute approximate surface area is 297 Å². The molecule has 5 nitrogen and oxygen atoms in total. The summed E-state index contributed by atoms with van der Waals surface area (Å²) in [6.45, 7) is 0. The maximum atomic E-state index is 2.44. The molecule has 0 saturated carbocycles. The van der Waals surface area contributed by atoms with Gasteiger partial charge in [0.2, 0.25) is 12.7 Å². The Bertz CT molecular complexity index is 2490. The Morgan fingerprint density at radius 2 is 0.824 bits per heavy atom. The standard InChI is InChI=1S/C46H37N5/c1-47-32-49(44-28-11-9-26-42(44)47)36-20-13-22-38(30-36)51(39-23-14-21-37(31-39)50-33-48(2)43-27-10-12-29-45(43)50)46-40(34-16-5-3-6-17-34)24-15-25-41(46)35-18-7-4-8-19-35/h3-33H,1-2H3/q+2. The topological polar surface area (TPSA) is 20.9 Å². The van der Waals surface area contributed by atoms with Crippen LogP contribution in [0, 0.1) is 0 Å². The third-order valence-electron chi connectivity index (χ3n) is 9.78. The zero-order valence-electron chi connectivity index (χ0n) is 28.6. The normalized spacial score (nSPS) is 11.3. The average Bonchev–Trinajstić information content (AvgIpc) is 3.72. The van der Waals surface area contributed by atoms with E-state index < -0.39 is 0 Å². The highest BCUT2D eigenvalue weighted by molar-refractivity contribution is 5.98. The molecule has 0 unspecified atom stereocenters. The molecule has 0 atom stereocenters. The van der Waals surface area contributed by atoms with Crippen LogP contribution in [0.15, 0.2) is 189 Å². The summed E-state index contributed by atoms with van der Waals surface area (Å²) in [4.78, 5) is 2.44. The lowest BCUT2D eigenvalue weighted by Gasteiger charge is -2.30. The summed E-state index contributed by atoms with van der Waals surface area (Å²) in [5.74, 6) is 0. The highest BCUT2D eigenvalue weighted by Crippen LogP contribution is 2.47. The molecule has 0 bridgehead atoms. The lowest BCUT2D eigenvalue weighted by atomic mass is 9.94. The molecule has 244 valence electrons. The Hall–Kier alpha value is -6.72. The quantitative estimate of drug-likeness (QED) is 0.156. The van der Waals surface area contributed by atoms with Crippen molar-refractivity contribution in [2.45, 2.75) is 0 Å². The van der Waals surface area contributed by atoms with Gasteiger partial charge >= 0.3 is 0 Å². The Morgan fingerprint density at radius 3 is 1.29 bits per heavy atom. The third-order valence-corrected chi connectivity index (χ3v) is 9.78. The second-order valence-corrected chi connectivity index (χ2v) is 13.0. The first-order valence-electron chi connectivity index (χ1n) is 17.3. The number of para-hydroxylation sites is 5. The number of aryl methyl sites for hydroxylation is 2. The van der Waals surface area contributed by atoms with E-state index in [2.05, 4.69) is 226 Å². The van der Waals surface area contributed by atoms with Gasteiger partial charge in [-0.15, -0.1) is 0 Å². The summed E-state index contributed by atoms with van der Waals surface area (Å²) < 4.78 is 8.92. The van der Waals surface area contributed by atoms with Crippen LogP contribution in [0.2, 0.25) is 0 Å². The highest BCUT2D eigenvalue weighted by Gasteiger charge is 2.25. The van der Waals surface area contributed by atoms with Crippen LogP contribution in [-0.4, -0.2) is 9.13 Å². The van der Waals surface area contributed by atoms with Crippen molar-refractivity contribution in [3.05, 3.63) is 189 Å². The van der Waals surface area contributed by atoms with Crippen LogP contribution in [0.25, 0.3) is 55.7 Å². The maximum absolute atomic E-state index is 2.44. The third kappa shape index (κ3) is 5.36. The number of hydrogen-bond acceptors (Lipinski definition) is 1. The summed E-state index contributed by atoms with van der Waals surface area (Å²) in [7, 11) is 4.21. The van der Waals surface area contributed by atoms with Crippen LogP contribution < -0.4 is 14.0 Å². The molecule has 0 radical (unpaired) electrons. The molecule has 0 aliphatic carbocycles. The van der Waals surface area contributed by atoms with E-state index in [1.54, 1.807) is 0 Å². The van der Waals surface area contributed by atoms with Crippen LogP contribution >= 0.6 is 0 Å². The number of hydrogen-bond donors (Lipinski definition) is 0. The minimum absolute atomic E-state index is 1.06. The fourth-order valence-electron chi connectivity index (χ4n) is 7.40. The predicted molar refractivity (Wildman–Crippen MR) is 208 cm³/mol. The minimum Gasteiger partial charge on any atom is -0.309 e. The zero-order chi connectivity index (χ0) is 34.3. The van der Waals surface area contributed by atoms with Crippen LogP contribution in [0.4, 0.5) is 17.1 Å². The van der Waals surface area contributed by atoms with Gasteiger partial charge in [-0.3, -0.25) is 0 Å². The highest BCUT2D eigenvalue weighted by atomic mass is 15.2. The van der Waals surface area contributed by atoms with Gasteiger partial charge in [0.1, 0.15) is 11.4 Å². The number of benzene rings is 7. The van der Waals surface area contributed by atoms with E-state index in [4.69, 9.17) is 0 Å². The molecule has 0 fully saturated rings. The first-order valence-corrected chi connectivity index (χ1v) is 17.3. The van der Waals surface area contributed by atoms with E-state index in [0.717, 1.165) is 61.7 Å². The monoisotopic (exact) mass is 659 g/mol. The Balaban J connectivity index is 1.33.